The number of hydrogen-bond acceptors (Lipinski definition) is 3. The number of sulfone groups is 1. The molecule has 0 amide bonds. The average Bonchev–Trinajstić information content (AvgIpc) is 3.27. The minimum atomic E-state index is -2.80. The maximum atomic E-state index is 11.6. The highest BCUT2D eigenvalue weighted by atomic mass is 32.2. The summed E-state index contributed by atoms with van der Waals surface area (Å²) in [5.74, 6) is 2.61. The van der Waals surface area contributed by atoms with Crippen LogP contribution in [-0.4, -0.2) is 44.5 Å². The van der Waals surface area contributed by atoms with Gasteiger partial charge >= 0.3 is 0 Å². The lowest BCUT2D eigenvalue weighted by molar-refractivity contribution is 0.298. The van der Waals surface area contributed by atoms with E-state index in [1.165, 1.54) is 44.9 Å². The quantitative estimate of drug-likeness (QED) is 0.593. The van der Waals surface area contributed by atoms with Crippen LogP contribution in [0.1, 0.15) is 58.3 Å². The Labute approximate surface area is 140 Å². The Morgan fingerprint density at radius 3 is 2.48 bits per heavy atom. The van der Waals surface area contributed by atoms with E-state index in [2.05, 4.69) is 17.6 Å². The fraction of sp³-hybridized carbons (Fsp3) is 0.941. The molecule has 0 aromatic carbocycles. The summed E-state index contributed by atoms with van der Waals surface area (Å²) in [7, 11) is -2.80. The number of hydrogen-bond donors (Lipinski definition) is 2. The van der Waals surface area contributed by atoms with Crippen LogP contribution in [0.4, 0.5) is 0 Å². The first kappa shape index (κ1) is 17.1. The molecule has 1 saturated heterocycles. The Hall–Kier alpha value is -0.780. The normalized spacial score (nSPS) is 34.3. The molecule has 3 fully saturated rings. The van der Waals surface area contributed by atoms with Crippen LogP contribution in [0.5, 0.6) is 0 Å². The third-order valence-corrected chi connectivity index (χ3v) is 7.29. The lowest BCUT2D eigenvalue weighted by Crippen LogP contribution is -2.46. The van der Waals surface area contributed by atoms with Crippen molar-refractivity contribution >= 4 is 15.8 Å². The smallest absolute Gasteiger partial charge is 0.191 e. The minimum Gasteiger partial charge on any atom is -0.354 e. The third-order valence-electron chi connectivity index (χ3n) is 5.45. The second kappa shape index (κ2) is 7.41. The minimum absolute atomic E-state index is 0.201. The lowest BCUT2D eigenvalue weighted by Gasteiger charge is -2.30. The van der Waals surface area contributed by atoms with E-state index in [1.54, 1.807) is 0 Å². The van der Waals surface area contributed by atoms with E-state index in [1.807, 2.05) is 0 Å². The molecule has 6 heteroatoms. The molecule has 3 atom stereocenters. The molecule has 1 heterocycles. The van der Waals surface area contributed by atoms with Crippen LogP contribution in [0.3, 0.4) is 0 Å². The van der Waals surface area contributed by atoms with E-state index >= 15 is 0 Å². The molecule has 2 saturated carbocycles. The second-order valence-electron chi connectivity index (χ2n) is 7.66. The van der Waals surface area contributed by atoms with E-state index < -0.39 is 9.84 Å². The molecule has 0 radical (unpaired) electrons. The molecule has 0 aromatic heterocycles. The second-order valence-corrected chi connectivity index (χ2v) is 9.89. The van der Waals surface area contributed by atoms with Crippen LogP contribution in [0, 0.1) is 11.8 Å². The number of guanidine groups is 1. The first-order valence-electron chi connectivity index (χ1n) is 9.32. The molecular weight excluding hydrogens is 310 g/mol. The monoisotopic (exact) mass is 341 g/mol. The number of rotatable bonds is 5. The molecule has 0 spiro atoms. The van der Waals surface area contributed by atoms with Gasteiger partial charge in [0, 0.05) is 18.6 Å². The van der Waals surface area contributed by atoms with E-state index in [9.17, 15) is 8.42 Å². The summed E-state index contributed by atoms with van der Waals surface area (Å²) in [6, 6.07) is 1.09. The van der Waals surface area contributed by atoms with E-state index in [-0.39, 0.29) is 5.92 Å². The predicted molar refractivity (Wildman–Crippen MR) is 94.4 cm³/mol. The summed E-state index contributed by atoms with van der Waals surface area (Å²) in [4.78, 5) is 4.73. The Kier molecular flexibility index (Phi) is 5.49. The van der Waals surface area contributed by atoms with Crippen molar-refractivity contribution in [2.75, 3.05) is 18.1 Å². The Balaban J connectivity index is 1.55. The van der Waals surface area contributed by atoms with Crippen molar-refractivity contribution in [3.63, 3.8) is 0 Å². The lowest BCUT2D eigenvalue weighted by atomic mass is 9.84. The summed E-state index contributed by atoms with van der Waals surface area (Å²) in [6.45, 7) is 2.91. The fourth-order valence-corrected chi connectivity index (χ4v) is 5.63. The molecular formula is C17H31N3O2S. The van der Waals surface area contributed by atoms with Gasteiger partial charge in [-0.15, -0.1) is 0 Å². The molecule has 3 aliphatic rings. The predicted octanol–water partition coefficient (Wildman–Crippen LogP) is 2.09. The fourth-order valence-electron chi connectivity index (χ4n) is 3.78. The van der Waals surface area contributed by atoms with Crippen molar-refractivity contribution in [3.05, 3.63) is 0 Å². The average molecular weight is 342 g/mol. The molecule has 0 aromatic rings. The number of aliphatic imine (C=N–C) groups is 1. The first-order chi connectivity index (χ1) is 11.0. The highest BCUT2D eigenvalue weighted by Crippen LogP contribution is 2.27. The molecule has 132 valence electrons. The molecule has 23 heavy (non-hydrogen) atoms. The molecule has 0 bridgehead atoms. The SMILES string of the molecule is CCC1CCCC(NC(=NCC2CCS(=O)(=O)C2)NC2CC2)C1. The number of nitrogens with one attached hydrogen (secondary N) is 2. The van der Waals surface area contributed by atoms with Crippen LogP contribution in [0.25, 0.3) is 0 Å². The Morgan fingerprint density at radius 1 is 1.04 bits per heavy atom. The van der Waals surface area contributed by atoms with Crippen LogP contribution in [-0.2, 0) is 9.84 Å². The van der Waals surface area contributed by atoms with Gasteiger partial charge in [-0.1, -0.05) is 26.2 Å². The van der Waals surface area contributed by atoms with Crippen molar-refractivity contribution in [1.82, 2.24) is 10.6 Å². The van der Waals surface area contributed by atoms with Gasteiger partial charge in [-0.05, 0) is 43.9 Å². The highest BCUT2D eigenvalue weighted by molar-refractivity contribution is 7.91. The maximum absolute atomic E-state index is 11.6. The van der Waals surface area contributed by atoms with Gasteiger partial charge in [-0.2, -0.15) is 0 Å². The molecule has 2 aliphatic carbocycles. The van der Waals surface area contributed by atoms with Gasteiger partial charge in [-0.25, -0.2) is 8.42 Å². The third kappa shape index (κ3) is 5.37. The zero-order valence-corrected chi connectivity index (χ0v) is 15.1. The Morgan fingerprint density at radius 2 is 1.83 bits per heavy atom. The van der Waals surface area contributed by atoms with Crippen LogP contribution >= 0.6 is 0 Å². The molecule has 3 rings (SSSR count). The number of nitrogens with zero attached hydrogens (tertiary/aromatic N) is 1. The van der Waals surface area contributed by atoms with E-state index in [0.717, 1.165) is 18.3 Å². The zero-order chi connectivity index (χ0) is 16.3. The summed E-state index contributed by atoms with van der Waals surface area (Å²) < 4.78 is 23.2. The van der Waals surface area contributed by atoms with Crippen LogP contribution in [0.2, 0.25) is 0 Å². The van der Waals surface area contributed by atoms with Gasteiger partial charge in [0.15, 0.2) is 15.8 Å². The van der Waals surface area contributed by atoms with Gasteiger partial charge < -0.3 is 10.6 Å². The van der Waals surface area contributed by atoms with Gasteiger partial charge in [-0.3, -0.25) is 4.99 Å². The van der Waals surface area contributed by atoms with E-state index in [0.29, 0.717) is 30.1 Å². The van der Waals surface area contributed by atoms with Gasteiger partial charge in [0.2, 0.25) is 0 Å². The van der Waals surface area contributed by atoms with Crippen molar-refractivity contribution in [2.24, 2.45) is 16.8 Å². The zero-order valence-electron chi connectivity index (χ0n) is 14.3. The Bertz CT molecular complexity index is 528. The highest BCUT2D eigenvalue weighted by Gasteiger charge is 2.29. The van der Waals surface area contributed by atoms with Crippen molar-refractivity contribution in [3.8, 4) is 0 Å². The summed E-state index contributed by atoms with van der Waals surface area (Å²) in [5.41, 5.74) is 0. The molecule has 1 aliphatic heterocycles. The van der Waals surface area contributed by atoms with Crippen LogP contribution in [0.15, 0.2) is 4.99 Å². The van der Waals surface area contributed by atoms with Crippen molar-refractivity contribution in [1.29, 1.82) is 0 Å². The largest absolute Gasteiger partial charge is 0.354 e. The maximum Gasteiger partial charge on any atom is 0.191 e. The summed E-state index contributed by atoms with van der Waals surface area (Å²) >= 11 is 0. The summed E-state index contributed by atoms with van der Waals surface area (Å²) in [6.07, 6.45) is 9.59. The standard InChI is InChI=1S/C17H31N3O2S/c1-2-13-4-3-5-16(10-13)20-17(19-15-6-7-15)18-11-14-8-9-23(21,22)12-14/h13-16H,2-12H2,1H3,(H2,18,19,20). The first-order valence-corrected chi connectivity index (χ1v) is 11.1. The van der Waals surface area contributed by atoms with E-state index in [4.69, 9.17) is 4.99 Å². The topological polar surface area (TPSA) is 70.6 Å². The molecule has 2 N–H and O–H groups in total. The van der Waals surface area contributed by atoms with Gasteiger partial charge in [0.05, 0.1) is 11.5 Å². The molecule has 5 nitrogen and oxygen atoms in total. The van der Waals surface area contributed by atoms with Gasteiger partial charge in [0.1, 0.15) is 0 Å². The van der Waals surface area contributed by atoms with Crippen LogP contribution < -0.4 is 10.6 Å². The van der Waals surface area contributed by atoms with Crippen molar-refractivity contribution < 1.29 is 8.42 Å². The van der Waals surface area contributed by atoms with Crippen molar-refractivity contribution in [2.45, 2.75) is 70.4 Å². The molecule has 3 unspecified atom stereocenters. The van der Waals surface area contributed by atoms with Gasteiger partial charge in [0.25, 0.3) is 0 Å². The summed E-state index contributed by atoms with van der Waals surface area (Å²) in [5, 5.41) is 7.13.